The van der Waals surface area contributed by atoms with Gasteiger partial charge in [-0.3, -0.25) is 14.6 Å². The number of aliphatic carboxylic acids is 1. The minimum Gasteiger partial charge on any atom is -0.477 e. The summed E-state index contributed by atoms with van der Waals surface area (Å²) in [6.07, 6.45) is 0. The molecule has 2 fully saturated rings. The van der Waals surface area contributed by atoms with Gasteiger partial charge >= 0.3 is 5.97 Å². The van der Waals surface area contributed by atoms with E-state index in [-0.39, 0.29) is 16.5 Å². The highest BCUT2D eigenvalue weighted by atomic mass is 32.2. The molecule has 144 valence electrons. The van der Waals surface area contributed by atoms with E-state index in [1.54, 1.807) is 6.07 Å². The lowest BCUT2D eigenvalue weighted by molar-refractivity contribution is -0.999. The summed E-state index contributed by atoms with van der Waals surface area (Å²) in [5.74, 6) is -2.23. The normalized spacial score (nSPS) is 30.0. The third-order valence-corrected chi connectivity index (χ3v) is 7.20. The summed E-state index contributed by atoms with van der Waals surface area (Å²) in [6.45, 7) is 10.1. The van der Waals surface area contributed by atoms with Crippen molar-refractivity contribution in [1.82, 2.24) is 0 Å². The highest BCUT2D eigenvalue weighted by Gasteiger charge is 2.51. The van der Waals surface area contributed by atoms with Crippen LogP contribution in [-0.4, -0.2) is 54.5 Å². The largest absolute Gasteiger partial charge is 0.477 e. The molecule has 2 saturated heterocycles. The molecule has 4 N–H and O–H groups in total. The molecule has 1 aromatic carbocycles. The Bertz CT molecular complexity index is 862. The van der Waals surface area contributed by atoms with Crippen LogP contribution in [0.25, 0.3) is 0 Å². The van der Waals surface area contributed by atoms with Crippen molar-refractivity contribution in [3.05, 3.63) is 34.1 Å². The van der Waals surface area contributed by atoms with Crippen molar-refractivity contribution in [1.29, 1.82) is 0 Å². The maximum atomic E-state index is 14.9. The number of quaternary nitrogens is 3. The number of piperazine rings is 1. The van der Waals surface area contributed by atoms with Crippen molar-refractivity contribution < 1.29 is 33.8 Å². The van der Waals surface area contributed by atoms with Gasteiger partial charge in [-0.15, -0.1) is 0 Å². The highest BCUT2D eigenvalue weighted by molar-refractivity contribution is 8.04. The van der Waals surface area contributed by atoms with Crippen LogP contribution in [0, 0.1) is 5.82 Å². The van der Waals surface area contributed by atoms with Crippen LogP contribution in [0.2, 0.25) is 0 Å². The van der Waals surface area contributed by atoms with Gasteiger partial charge in [0.25, 0.3) is 0 Å². The number of carbonyl (C=O) groups is 2. The first-order valence-corrected chi connectivity index (χ1v) is 10.3. The number of nitrogens with one attached hydrogen (secondary N) is 3. The van der Waals surface area contributed by atoms with Crippen molar-refractivity contribution in [2.75, 3.05) is 26.2 Å². The molecule has 2 unspecified atom stereocenters. The summed E-state index contributed by atoms with van der Waals surface area (Å²) in [5, 5.41) is 10.1. The third kappa shape index (κ3) is 2.91. The smallest absolute Gasteiger partial charge is 0.346 e. The number of Topliss-reactive ketones (excluding diaryl/α,β-unsaturated/α-hetero) is 1. The van der Waals surface area contributed by atoms with Gasteiger partial charge in [0.2, 0.25) is 5.78 Å². The molecule has 4 rings (SSSR count). The molecule has 8 heteroatoms. The van der Waals surface area contributed by atoms with Gasteiger partial charge in [0.1, 0.15) is 26.2 Å². The number of rotatable bonds is 3. The highest BCUT2D eigenvalue weighted by Crippen LogP contribution is 2.37. The molecule has 0 bridgehead atoms. The van der Waals surface area contributed by atoms with E-state index < -0.39 is 17.6 Å². The van der Waals surface area contributed by atoms with Crippen molar-refractivity contribution in [2.24, 2.45) is 0 Å². The predicted molar refractivity (Wildman–Crippen MR) is 99.3 cm³/mol. The first-order chi connectivity index (χ1) is 12.8. The number of benzene rings is 1. The molecule has 0 aromatic heterocycles. The molecule has 0 saturated carbocycles. The molecule has 3 heterocycles. The minimum atomic E-state index is -1.24. The summed E-state index contributed by atoms with van der Waals surface area (Å²) in [7, 11) is 0. The Morgan fingerprint density at radius 3 is 2.44 bits per heavy atom. The molecule has 2 atom stereocenters. The van der Waals surface area contributed by atoms with Crippen LogP contribution in [-0.2, 0) is 4.79 Å². The van der Waals surface area contributed by atoms with Crippen LogP contribution in [0.5, 0.6) is 0 Å². The maximum absolute atomic E-state index is 14.9. The molecule has 0 aliphatic carbocycles. The van der Waals surface area contributed by atoms with Crippen LogP contribution < -0.4 is 14.7 Å². The average molecular weight is 394 g/mol. The van der Waals surface area contributed by atoms with Gasteiger partial charge in [0.05, 0.1) is 17.7 Å². The van der Waals surface area contributed by atoms with Crippen molar-refractivity contribution in [3.8, 4) is 0 Å². The number of carbonyl (C=O) groups excluding carboxylic acids is 1. The summed E-state index contributed by atoms with van der Waals surface area (Å²) in [4.78, 5) is 27.7. The van der Waals surface area contributed by atoms with E-state index in [1.807, 2.05) is 6.92 Å². The van der Waals surface area contributed by atoms with E-state index in [2.05, 4.69) is 13.8 Å². The van der Waals surface area contributed by atoms with Crippen LogP contribution in [0.3, 0.4) is 0 Å². The standard InChI is InChI=1S/C19H22FN3O3S/c1-10(2)21-4-6-22(7-5-21)15-9-14-12(8-13(15)20)17(24)16(19(25)26)18-23(14)11(3)27-18/h8-11H,4-7H2,1-3H3,(H,25,26)/p+3. The molecule has 3 aliphatic rings. The van der Waals surface area contributed by atoms with E-state index in [0.717, 1.165) is 36.0 Å². The first-order valence-electron chi connectivity index (χ1n) is 9.39. The zero-order chi connectivity index (χ0) is 19.5. The minimum absolute atomic E-state index is 0.108. The van der Waals surface area contributed by atoms with Crippen molar-refractivity contribution in [3.63, 3.8) is 0 Å². The molecular weight excluding hydrogens is 369 g/mol. The van der Waals surface area contributed by atoms with Crippen LogP contribution in [0.4, 0.5) is 15.8 Å². The lowest BCUT2D eigenvalue weighted by atomic mass is 9.96. The second-order valence-electron chi connectivity index (χ2n) is 7.81. The molecule has 0 spiro atoms. The number of hydrogen-bond donors (Lipinski definition) is 4. The molecule has 27 heavy (non-hydrogen) atoms. The molecule has 6 nitrogen and oxygen atoms in total. The van der Waals surface area contributed by atoms with E-state index >= 15 is 0 Å². The van der Waals surface area contributed by atoms with E-state index in [0.29, 0.717) is 22.4 Å². The number of halogens is 1. The number of fused-ring (bicyclic) bond motifs is 3. The van der Waals surface area contributed by atoms with Gasteiger partial charge in [-0.25, -0.2) is 9.18 Å². The molecule has 0 radical (unpaired) electrons. The molecular formula is C19H25FN3O3S+3. The number of carboxylic acid groups (broad SMARTS) is 1. The van der Waals surface area contributed by atoms with Gasteiger partial charge in [0, 0.05) is 0 Å². The summed E-state index contributed by atoms with van der Waals surface area (Å²) in [5.41, 5.74) is 1.28. The van der Waals surface area contributed by atoms with Crippen molar-refractivity contribution >= 4 is 34.9 Å². The summed E-state index contributed by atoms with van der Waals surface area (Å²) >= 11 is 1.40. The predicted octanol–water partition coefficient (Wildman–Crippen LogP) is -1.25. The van der Waals surface area contributed by atoms with Crippen LogP contribution in [0.15, 0.2) is 22.7 Å². The Kier molecular flexibility index (Phi) is 4.62. The molecule has 0 amide bonds. The lowest BCUT2D eigenvalue weighted by Gasteiger charge is -2.39. The zero-order valence-electron chi connectivity index (χ0n) is 15.7. The molecule has 3 aliphatic heterocycles. The number of hydrogen-bond acceptors (Lipinski definition) is 3. The average Bonchev–Trinajstić information content (AvgIpc) is 2.61. The SMILES string of the molecule is CC(C)[NH+]1CC[NH+](c2cc3c(cc2F)C(=O)C(C(=O)O)=C2SC(C)[NH+]23)CC1. The molecule has 1 aromatic rings. The van der Waals surface area contributed by atoms with Crippen molar-refractivity contribution in [2.45, 2.75) is 32.2 Å². The topological polar surface area (TPSA) is 67.7 Å². The van der Waals surface area contributed by atoms with Gasteiger partial charge in [-0.05, 0) is 38.6 Å². The fourth-order valence-electron chi connectivity index (χ4n) is 4.37. The van der Waals surface area contributed by atoms with Gasteiger partial charge < -0.3 is 10.0 Å². The third-order valence-electron chi connectivity index (χ3n) is 5.95. The van der Waals surface area contributed by atoms with Crippen LogP contribution >= 0.6 is 11.8 Å². The van der Waals surface area contributed by atoms with Crippen LogP contribution in [0.1, 0.15) is 31.1 Å². The number of ketones is 1. The fraction of sp³-hybridized carbons (Fsp3) is 0.474. The fourth-order valence-corrected chi connectivity index (χ4v) is 5.61. The Hall–Kier alpha value is -1.74. The van der Waals surface area contributed by atoms with E-state index in [4.69, 9.17) is 0 Å². The Labute approximate surface area is 161 Å². The van der Waals surface area contributed by atoms with E-state index in [9.17, 15) is 19.1 Å². The van der Waals surface area contributed by atoms with Gasteiger partial charge in [0.15, 0.2) is 33.2 Å². The monoisotopic (exact) mass is 394 g/mol. The zero-order valence-corrected chi connectivity index (χ0v) is 16.5. The Morgan fingerprint density at radius 2 is 1.89 bits per heavy atom. The van der Waals surface area contributed by atoms with E-state index in [1.165, 1.54) is 22.7 Å². The number of thioether (sulfide) groups is 1. The Morgan fingerprint density at radius 1 is 1.22 bits per heavy atom. The second kappa shape index (κ2) is 6.70. The Balaban J connectivity index is 1.70. The number of carboxylic acids is 1. The van der Waals surface area contributed by atoms with Gasteiger partial charge in [-0.2, -0.15) is 0 Å². The maximum Gasteiger partial charge on any atom is 0.346 e. The second-order valence-corrected chi connectivity index (χ2v) is 9.16. The lowest BCUT2D eigenvalue weighted by Crippen LogP contribution is -3.27. The summed E-state index contributed by atoms with van der Waals surface area (Å²) < 4.78 is 14.9. The first kappa shape index (κ1) is 18.6. The summed E-state index contributed by atoms with van der Waals surface area (Å²) in [6, 6.07) is 3.61. The quantitative estimate of drug-likeness (QED) is 0.484. The van der Waals surface area contributed by atoms with Gasteiger partial charge in [-0.1, -0.05) is 0 Å².